The Kier molecular flexibility index (Phi) is 14.9. The summed E-state index contributed by atoms with van der Waals surface area (Å²) in [4.78, 5) is 14.2. The van der Waals surface area contributed by atoms with Crippen LogP contribution in [0.5, 0.6) is 11.5 Å². The molecule has 0 unspecified atom stereocenters. The number of allylic oxidation sites excluding steroid dienone is 4. The number of aryl methyl sites for hydroxylation is 1. The van der Waals surface area contributed by atoms with E-state index < -0.39 is 0 Å². The van der Waals surface area contributed by atoms with Crippen LogP contribution in [0.25, 0.3) is 10.9 Å². The third-order valence-corrected chi connectivity index (χ3v) is 7.72. The molecule has 2 aromatic carbocycles. The molecule has 0 saturated heterocycles. The molecule has 0 aliphatic heterocycles. The van der Waals surface area contributed by atoms with Gasteiger partial charge in [0.1, 0.15) is 13.2 Å². The molecule has 238 valence electrons. The first-order valence-electron chi connectivity index (χ1n) is 16.5. The first-order chi connectivity index (χ1) is 21.3. The first kappa shape index (κ1) is 34.8. The number of anilines is 1. The highest BCUT2D eigenvalue weighted by Crippen LogP contribution is 2.35. The standard InChI is InChI=1S/C39H54N2O3/c1-7-8-9-10-11-15-25-41-36-28-34(40-29-33-19-13-12-14-20-33)21-22-35(36)37(43-26-23-31(4)5)38(39(41)42)44-27-24-32(6)18-16-17-30(2)3/h12-14,17,19-24,28,40H,7-11,15-16,18,25-27,29H2,1-6H3/b32-24+. The fourth-order valence-corrected chi connectivity index (χ4v) is 5.10. The average Bonchev–Trinajstić information content (AvgIpc) is 3.00. The van der Waals surface area contributed by atoms with E-state index >= 15 is 0 Å². The molecular formula is C39H54N2O3. The Bertz CT molecular complexity index is 1460. The molecule has 1 aromatic heterocycles. The van der Waals surface area contributed by atoms with Gasteiger partial charge in [0, 0.05) is 24.2 Å². The Morgan fingerprint density at radius 1 is 0.795 bits per heavy atom. The van der Waals surface area contributed by atoms with Crippen molar-refractivity contribution in [1.29, 1.82) is 0 Å². The first-order valence-corrected chi connectivity index (χ1v) is 16.5. The van der Waals surface area contributed by atoms with Gasteiger partial charge in [0.15, 0.2) is 5.75 Å². The van der Waals surface area contributed by atoms with Crippen LogP contribution in [-0.4, -0.2) is 17.8 Å². The third-order valence-electron chi connectivity index (χ3n) is 7.72. The number of rotatable bonds is 19. The predicted molar refractivity (Wildman–Crippen MR) is 188 cm³/mol. The molecule has 0 aliphatic carbocycles. The summed E-state index contributed by atoms with van der Waals surface area (Å²) in [6, 6.07) is 16.6. The van der Waals surface area contributed by atoms with Gasteiger partial charge in [0.2, 0.25) is 5.75 Å². The molecule has 0 fully saturated rings. The molecule has 44 heavy (non-hydrogen) atoms. The molecule has 0 atom stereocenters. The van der Waals surface area contributed by atoms with E-state index in [9.17, 15) is 4.79 Å². The van der Waals surface area contributed by atoms with Gasteiger partial charge in [-0.2, -0.15) is 0 Å². The van der Waals surface area contributed by atoms with Gasteiger partial charge in [-0.25, -0.2) is 0 Å². The fraction of sp³-hybridized carbons (Fsp3) is 0.462. The zero-order valence-corrected chi connectivity index (χ0v) is 28.0. The van der Waals surface area contributed by atoms with Crippen LogP contribution in [-0.2, 0) is 13.1 Å². The minimum Gasteiger partial charge on any atom is -0.485 e. The van der Waals surface area contributed by atoms with Crippen LogP contribution in [0, 0.1) is 0 Å². The maximum atomic E-state index is 14.2. The summed E-state index contributed by atoms with van der Waals surface area (Å²) >= 11 is 0. The summed E-state index contributed by atoms with van der Waals surface area (Å²) in [6.07, 6.45) is 15.3. The maximum Gasteiger partial charge on any atom is 0.297 e. The van der Waals surface area contributed by atoms with Gasteiger partial charge in [-0.1, -0.05) is 92.2 Å². The second-order valence-electron chi connectivity index (χ2n) is 12.2. The Balaban J connectivity index is 1.99. The van der Waals surface area contributed by atoms with Gasteiger partial charge in [-0.05, 0) is 89.8 Å². The Morgan fingerprint density at radius 2 is 1.48 bits per heavy atom. The van der Waals surface area contributed by atoms with E-state index in [1.807, 2.05) is 42.7 Å². The summed E-state index contributed by atoms with van der Waals surface area (Å²) < 4.78 is 14.5. The van der Waals surface area contributed by atoms with Crippen molar-refractivity contribution >= 4 is 16.6 Å². The number of ether oxygens (including phenoxy) is 2. The van der Waals surface area contributed by atoms with Gasteiger partial charge in [0.25, 0.3) is 5.56 Å². The van der Waals surface area contributed by atoms with Crippen molar-refractivity contribution in [1.82, 2.24) is 4.57 Å². The summed E-state index contributed by atoms with van der Waals surface area (Å²) in [5, 5.41) is 4.43. The lowest BCUT2D eigenvalue weighted by Gasteiger charge is -2.19. The Morgan fingerprint density at radius 3 is 2.20 bits per heavy atom. The van der Waals surface area contributed by atoms with Crippen molar-refractivity contribution in [2.75, 3.05) is 18.5 Å². The number of pyridine rings is 1. The number of benzene rings is 2. The lowest BCUT2D eigenvalue weighted by atomic mass is 10.1. The summed E-state index contributed by atoms with van der Waals surface area (Å²) in [6.45, 7) is 14.7. The number of aromatic nitrogens is 1. The van der Waals surface area contributed by atoms with Crippen molar-refractivity contribution in [2.45, 2.75) is 106 Å². The molecule has 0 amide bonds. The molecule has 0 spiro atoms. The van der Waals surface area contributed by atoms with Crippen molar-refractivity contribution in [3.63, 3.8) is 0 Å². The van der Waals surface area contributed by atoms with E-state index in [2.05, 4.69) is 75.5 Å². The van der Waals surface area contributed by atoms with E-state index in [0.29, 0.717) is 37.8 Å². The number of nitrogens with zero attached hydrogens (tertiary/aromatic N) is 1. The molecule has 1 heterocycles. The number of unbranched alkanes of at least 4 members (excludes halogenated alkanes) is 5. The second kappa shape index (κ2) is 18.8. The van der Waals surface area contributed by atoms with Gasteiger partial charge >= 0.3 is 0 Å². The van der Waals surface area contributed by atoms with E-state index in [0.717, 1.165) is 47.8 Å². The van der Waals surface area contributed by atoms with E-state index in [1.165, 1.54) is 42.4 Å². The van der Waals surface area contributed by atoms with E-state index in [4.69, 9.17) is 9.47 Å². The van der Waals surface area contributed by atoms with Crippen molar-refractivity contribution in [2.24, 2.45) is 0 Å². The second-order valence-corrected chi connectivity index (χ2v) is 12.2. The maximum absolute atomic E-state index is 14.2. The molecule has 5 heteroatoms. The van der Waals surface area contributed by atoms with Crippen LogP contribution in [0.15, 0.2) is 88.3 Å². The highest BCUT2D eigenvalue weighted by atomic mass is 16.5. The summed E-state index contributed by atoms with van der Waals surface area (Å²) in [5.41, 5.74) is 6.65. The lowest BCUT2D eigenvalue weighted by molar-refractivity contribution is 0.303. The summed E-state index contributed by atoms with van der Waals surface area (Å²) in [7, 11) is 0. The van der Waals surface area contributed by atoms with E-state index in [1.54, 1.807) is 0 Å². The van der Waals surface area contributed by atoms with Crippen LogP contribution >= 0.6 is 0 Å². The molecule has 0 aliphatic rings. The van der Waals surface area contributed by atoms with Crippen LogP contribution in [0.4, 0.5) is 5.69 Å². The van der Waals surface area contributed by atoms with Gasteiger partial charge < -0.3 is 19.4 Å². The minimum absolute atomic E-state index is 0.130. The highest BCUT2D eigenvalue weighted by Gasteiger charge is 2.20. The topological polar surface area (TPSA) is 52.5 Å². The number of fused-ring (bicyclic) bond motifs is 1. The lowest BCUT2D eigenvalue weighted by Crippen LogP contribution is -2.24. The Hall–Kier alpha value is -3.73. The van der Waals surface area contributed by atoms with Crippen LogP contribution in [0.3, 0.4) is 0 Å². The molecule has 0 radical (unpaired) electrons. The number of hydrogen-bond donors (Lipinski definition) is 1. The minimum atomic E-state index is -0.130. The van der Waals surface area contributed by atoms with Crippen molar-refractivity contribution in [3.05, 3.63) is 99.4 Å². The molecule has 0 saturated carbocycles. The fourth-order valence-electron chi connectivity index (χ4n) is 5.10. The Labute approximate surface area is 265 Å². The average molecular weight is 599 g/mol. The molecule has 5 nitrogen and oxygen atoms in total. The predicted octanol–water partition coefficient (Wildman–Crippen LogP) is 10.4. The number of hydrogen-bond acceptors (Lipinski definition) is 4. The highest BCUT2D eigenvalue weighted by molar-refractivity contribution is 5.90. The van der Waals surface area contributed by atoms with Gasteiger partial charge in [-0.15, -0.1) is 0 Å². The normalized spacial score (nSPS) is 11.4. The van der Waals surface area contributed by atoms with Gasteiger partial charge in [0.05, 0.1) is 5.52 Å². The number of nitrogens with one attached hydrogen (secondary N) is 1. The monoisotopic (exact) mass is 598 g/mol. The smallest absolute Gasteiger partial charge is 0.297 e. The van der Waals surface area contributed by atoms with Crippen molar-refractivity contribution in [3.8, 4) is 11.5 Å². The largest absolute Gasteiger partial charge is 0.485 e. The molecule has 3 aromatic rings. The molecular weight excluding hydrogens is 544 g/mol. The summed E-state index contributed by atoms with van der Waals surface area (Å²) in [5.74, 6) is 0.816. The van der Waals surface area contributed by atoms with Gasteiger partial charge in [-0.3, -0.25) is 4.79 Å². The molecule has 0 bridgehead atoms. The van der Waals surface area contributed by atoms with Crippen molar-refractivity contribution < 1.29 is 9.47 Å². The van der Waals surface area contributed by atoms with Crippen LogP contribution in [0.1, 0.15) is 98.5 Å². The van der Waals surface area contributed by atoms with E-state index in [-0.39, 0.29) is 5.56 Å². The zero-order chi connectivity index (χ0) is 31.7. The third kappa shape index (κ3) is 11.4. The van der Waals surface area contributed by atoms with Crippen LogP contribution < -0.4 is 20.3 Å². The SMILES string of the molecule is CCCCCCCCn1c(=O)c(OC/C=C(\C)CCC=C(C)C)c(OCC=C(C)C)c2ccc(NCc3ccccc3)cc21. The quantitative estimate of drug-likeness (QED) is 0.110. The molecule has 3 rings (SSSR count). The molecule has 1 N–H and O–H groups in total. The van der Waals surface area contributed by atoms with Crippen LogP contribution in [0.2, 0.25) is 0 Å². The zero-order valence-electron chi connectivity index (χ0n) is 28.0.